The molecule has 1 aliphatic rings. The van der Waals surface area contributed by atoms with Gasteiger partial charge in [0.25, 0.3) is 0 Å². The van der Waals surface area contributed by atoms with Crippen molar-refractivity contribution in [3.63, 3.8) is 0 Å². The van der Waals surface area contributed by atoms with Gasteiger partial charge < -0.3 is 4.57 Å². The summed E-state index contributed by atoms with van der Waals surface area (Å²) >= 11 is 5.64. The molecule has 1 fully saturated rings. The summed E-state index contributed by atoms with van der Waals surface area (Å²) in [7, 11) is 0. The van der Waals surface area contributed by atoms with E-state index in [0.29, 0.717) is 17.8 Å². The Bertz CT molecular complexity index is 501. The van der Waals surface area contributed by atoms with Gasteiger partial charge in [-0.2, -0.15) is 5.10 Å². The molecule has 21 heavy (non-hydrogen) atoms. The smallest absolute Gasteiger partial charge is 0.199 e. The van der Waals surface area contributed by atoms with E-state index in [0.717, 1.165) is 31.1 Å². The third-order valence-corrected chi connectivity index (χ3v) is 4.22. The van der Waals surface area contributed by atoms with Gasteiger partial charge in [-0.15, -0.1) is 0 Å². The van der Waals surface area contributed by atoms with Crippen LogP contribution in [0, 0.1) is 16.6 Å². The first-order chi connectivity index (χ1) is 9.92. The highest BCUT2D eigenvalue weighted by atomic mass is 32.1. The maximum Gasteiger partial charge on any atom is 0.199 e. The molecule has 1 aliphatic carbocycles. The van der Waals surface area contributed by atoms with E-state index in [2.05, 4.69) is 44.1 Å². The van der Waals surface area contributed by atoms with Crippen molar-refractivity contribution in [1.29, 1.82) is 0 Å². The predicted octanol–water partition coefficient (Wildman–Crippen LogP) is 3.88. The van der Waals surface area contributed by atoms with Crippen molar-refractivity contribution in [2.24, 2.45) is 11.8 Å². The van der Waals surface area contributed by atoms with Gasteiger partial charge in [0.1, 0.15) is 5.82 Å². The summed E-state index contributed by atoms with van der Waals surface area (Å²) in [5.41, 5.74) is 0. The first kappa shape index (κ1) is 16.7. The van der Waals surface area contributed by atoms with Crippen molar-refractivity contribution in [2.45, 2.75) is 66.6 Å². The van der Waals surface area contributed by atoms with Gasteiger partial charge >= 0.3 is 0 Å². The molecule has 1 aromatic heterocycles. The van der Waals surface area contributed by atoms with Crippen LogP contribution in [0.15, 0.2) is 0 Å². The lowest BCUT2D eigenvalue weighted by molar-refractivity contribution is 0.164. The first-order valence-corrected chi connectivity index (χ1v) is 8.73. The Morgan fingerprint density at radius 3 is 2.19 bits per heavy atom. The van der Waals surface area contributed by atoms with E-state index >= 15 is 0 Å². The minimum absolute atomic E-state index is 0.650. The largest absolute Gasteiger partial charge is 0.304 e. The molecule has 120 valence electrons. The average Bonchev–Trinajstić information content (AvgIpc) is 3.15. The lowest BCUT2D eigenvalue weighted by atomic mass is 10.1. The van der Waals surface area contributed by atoms with Crippen LogP contribution in [0.25, 0.3) is 0 Å². The molecule has 0 amide bonds. The van der Waals surface area contributed by atoms with Crippen LogP contribution >= 0.6 is 12.2 Å². The van der Waals surface area contributed by atoms with Crippen LogP contribution in [0.3, 0.4) is 0 Å². The van der Waals surface area contributed by atoms with Crippen LogP contribution in [0.1, 0.15) is 59.2 Å². The molecule has 0 bridgehead atoms. The first-order valence-electron chi connectivity index (χ1n) is 8.32. The van der Waals surface area contributed by atoms with Gasteiger partial charge in [-0.1, -0.05) is 27.7 Å². The van der Waals surface area contributed by atoms with Gasteiger partial charge in [-0.3, -0.25) is 4.90 Å². The van der Waals surface area contributed by atoms with E-state index in [1.165, 1.54) is 18.7 Å². The molecule has 0 spiro atoms. The summed E-state index contributed by atoms with van der Waals surface area (Å²) in [6.45, 7) is 15.2. The highest BCUT2D eigenvalue weighted by molar-refractivity contribution is 7.71. The highest BCUT2D eigenvalue weighted by Crippen LogP contribution is 2.39. The van der Waals surface area contributed by atoms with Crippen molar-refractivity contribution in [1.82, 2.24) is 19.2 Å². The monoisotopic (exact) mass is 310 g/mol. The number of aromatic nitrogens is 3. The quantitative estimate of drug-likeness (QED) is 0.682. The zero-order valence-corrected chi connectivity index (χ0v) is 15.0. The van der Waals surface area contributed by atoms with E-state index in [9.17, 15) is 0 Å². The molecule has 1 heterocycles. The Kier molecular flexibility index (Phi) is 5.60. The fraction of sp³-hybridized carbons (Fsp3) is 0.875. The van der Waals surface area contributed by atoms with Gasteiger partial charge in [-0.25, -0.2) is 4.68 Å². The van der Waals surface area contributed by atoms with Crippen LogP contribution in [-0.2, 0) is 13.2 Å². The number of rotatable bonds is 8. The topological polar surface area (TPSA) is 26.0 Å². The van der Waals surface area contributed by atoms with E-state index in [-0.39, 0.29) is 0 Å². The summed E-state index contributed by atoms with van der Waals surface area (Å²) in [4.78, 5) is 2.48. The molecule has 0 atom stereocenters. The normalized spacial score (nSPS) is 15.6. The minimum atomic E-state index is 0.650. The van der Waals surface area contributed by atoms with Crippen molar-refractivity contribution < 1.29 is 0 Å². The summed E-state index contributed by atoms with van der Waals surface area (Å²) in [6, 6.07) is 0. The minimum Gasteiger partial charge on any atom is -0.304 e. The summed E-state index contributed by atoms with van der Waals surface area (Å²) in [5, 5.41) is 4.83. The predicted molar refractivity (Wildman–Crippen MR) is 89.9 cm³/mol. The van der Waals surface area contributed by atoms with Crippen molar-refractivity contribution in [2.75, 3.05) is 13.1 Å². The van der Waals surface area contributed by atoms with Gasteiger partial charge in [0, 0.05) is 25.6 Å². The Labute approximate surface area is 134 Å². The van der Waals surface area contributed by atoms with Crippen LogP contribution in [0.2, 0.25) is 0 Å². The molecule has 0 unspecified atom stereocenters. The molecule has 0 radical (unpaired) electrons. The van der Waals surface area contributed by atoms with Crippen LogP contribution in [0.5, 0.6) is 0 Å². The van der Waals surface area contributed by atoms with Crippen LogP contribution < -0.4 is 0 Å². The standard InChI is InChI=1S/C16H30N4S/c1-6-19-15(14-7-8-14)17-20(16(19)21)11-18(9-12(2)3)10-13(4)5/h12-14H,6-11H2,1-5H3. The maximum atomic E-state index is 5.64. The third-order valence-electron chi connectivity index (χ3n) is 3.79. The second-order valence-electron chi connectivity index (χ2n) is 7.12. The van der Waals surface area contributed by atoms with E-state index in [4.69, 9.17) is 17.3 Å². The number of hydrogen-bond donors (Lipinski definition) is 0. The lowest BCUT2D eigenvalue weighted by Gasteiger charge is -2.25. The Morgan fingerprint density at radius 2 is 1.76 bits per heavy atom. The van der Waals surface area contributed by atoms with Crippen molar-refractivity contribution in [3.05, 3.63) is 10.6 Å². The zero-order chi connectivity index (χ0) is 15.6. The molecule has 2 rings (SSSR count). The molecule has 0 N–H and O–H groups in total. The molecule has 1 aromatic rings. The molecule has 5 heteroatoms. The fourth-order valence-electron chi connectivity index (χ4n) is 2.90. The molecule has 0 saturated heterocycles. The zero-order valence-electron chi connectivity index (χ0n) is 14.2. The molecule has 4 nitrogen and oxygen atoms in total. The molecular weight excluding hydrogens is 280 g/mol. The summed E-state index contributed by atoms with van der Waals surface area (Å²) < 4.78 is 5.14. The van der Waals surface area contributed by atoms with E-state index in [1.807, 2.05) is 4.68 Å². The van der Waals surface area contributed by atoms with Crippen LogP contribution in [-0.4, -0.2) is 32.3 Å². The molecule has 0 aromatic carbocycles. The average molecular weight is 311 g/mol. The van der Waals surface area contributed by atoms with Crippen molar-refractivity contribution in [3.8, 4) is 0 Å². The molecule has 0 aliphatic heterocycles. The SMILES string of the molecule is CCn1c(C2CC2)nn(CN(CC(C)C)CC(C)C)c1=S. The van der Waals surface area contributed by atoms with Crippen LogP contribution in [0.4, 0.5) is 0 Å². The summed E-state index contributed by atoms with van der Waals surface area (Å²) in [5.74, 6) is 3.18. The van der Waals surface area contributed by atoms with E-state index < -0.39 is 0 Å². The Morgan fingerprint density at radius 1 is 1.19 bits per heavy atom. The Balaban J connectivity index is 2.17. The van der Waals surface area contributed by atoms with Gasteiger partial charge in [0.05, 0.1) is 6.67 Å². The Hall–Kier alpha value is -0.680. The summed E-state index contributed by atoms with van der Waals surface area (Å²) in [6.07, 6.45) is 2.54. The number of nitrogens with zero attached hydrogens (tertiary/aromatic N) is 4. The van der Waals surface area contributed by atoms with Gasteiger partial charge in [0.2, 0.25) is 0 Å². The van der Waals surface area contributed by atoms with Gasteiger partial charge in [0.15, 0.2) is 4.77 Å². The number of hydrogen-bond acceptors (Lipinski definition) is 3. The van der Waals surface area contributed by atoms with Crippen molar-refractivity contribution >= 4 is 12.2 Å². The fourth-order valence-corrected chi connectivity index (χ4v) is 3.22. The second-order valence-corrected chi connectivity index (χ2v) is 7.49. The lowest BCUT2D eigenvalue weighted by Crippen LogP contribution is -2.33. The van der Waals surface area contributed by atoms with E-state index in [1.54, 1.807) is 0 Å². The molecule has 1 saturated carbocycles. The van der Waals surface area contributed by atoms with Gasteiger partial charge in [-0.05, 0) is 43.8 Å². The third kappa shape index (κ3) is 4.39. The maximum absolute atomic E-state index is 5.64. The molecular formula is C16H30N4S. The second kappa shape index (κ2) is 7.05. The highest BCUT2D eigenvalue weighted by Gasteiger charge is 2.29.